The Balaban J connectivity index is 2.98. The van der Waals surface area contributed by atoms with Gasteiger partial charge >= 0.3 is 5.97 Å². The Morgan fingerprint density at radius 1 is 0.941 bits per heavy atom. The lowest BCUT2D eigenvalue weighted by Crippen LogP contribution is -2.12. The minimum atomic E-state index is -0.283. The number of carbonyl (C=O) groups excluding carboxylic acids is 2. The van der Waals surface area contributed by atoms with Gasteiger partial charge in [-0.3, -0.25) is 4.79 Å². The Labute approximate surface area is 101 Å². The molecule has 0 aliphatic heterocycles. The molecule has 0 aromatic rings. The van der Waals surface area contributed by atoms with E-state index in [2.05, 4.69) is 4.74 Å². The molecule has 0 fully saturated rings. The average molecular weight is 248 g/mol. The van der Waals surface area contributed by atoms with Gasteiger partial charge in [0.25, 0.3) is 0 Å². The summed E-state index contributed by atoms with van der Waals surface area (Å²) in [7, 11) is 1.34. The van der Waals surface area contributed by atoms with Gasteiger partial charge in [-0.1, -0.05) is 0 Å². The maximum atomic E-state index is 10.7. The van der Waals surface area contributed by atoms with Gasteiger partial charge < -0.3 is 23.7 Å². The van der Waals surface area contributed by atoms with Crippen molar-refractivity contribution in [3.8, 4) is 0 Å². The summed E-state index contributed by atoms with van der Waals surface area (Å²) >= 11 is 0. The Morgan fingerprint density at radius 2 is 1.47 bits per heavy atom. The van der Waals surface area contributed by atoms with Crippen LogP contribution in [0.15, 0.2) is 0 Å². The minimum Gasteiger partial charge on any atom is -0.469 e. The Kier molecular flexibility index (Phi) is 12.3. The standard InChI is InChI=1S/C11H20O6/c1-14-11(13)3-6-16-8-10-17-9-7-15-5-2-4-12/h4H,2-3,5-10H2,1H3. The number of hydrogen-bond acceptors (Lipinski definition) is 6. The van der Waals surface area contributed by atoms with Gasteiger partial charge in [-0.15, -0.1) is 0 Å². The summed E-state index contributed by atoms with van der Waals surface area (Å²) in [5, 5.41) is 0. The van der Waals surface area contributed by atoms with Crippen LogP contribution in [0.25, 0.3) is 0 Å². The summed E-state index contributed by atoms with van der Waals surface area (Å²) in [5.41, 5.74) is 0. The number of carbonyl (C=O) groups is 2. The Hall–Kier alpha value is -0.980. The van der Waals surface area contributed by atoms with Gasteiger partial charge in [-0.05, 0) is 0 Å². The largest absolute Gasteiger partial charge is 0.469 e. The van der Waals surface area contributed by atoms with E-state index in [-0.39, 0.29) is 12.4 Å². The molecule has 0 N–H and O–H groups in total. The number of esters is 1. The number of methoxy groups -OCH3 is 1. The molecule has 0 heterocycles. The first kappa shape index (κ1) is 16.0. The first-order chi connectivity index (χ1) is 8.31. The molecule has 0 spiro atoms. The van der Waals surface area contributed by atoms with Crippen molar-refractivity contribution < 1.29 is 28.5 Å². The van der Waals surface area contributed by atoms with E-state index in [0.717, 1.165) is 6.29 Å². The van der Waals surface area contributed by atoms with Crippen molar-refractivity contribution in [1.82, 2.24) is 0 Å². The number of hydrogen-bond donors (Lipinski definition) is 0. The minimum absolute atomic E-state index is 0.255. The highest BCUT2D eigenvalue weighted by Crippen LogP contribution is 1.87. The fourth-order valence-electron chi connectivity index (χ4n) is 0.931. The lowest BCUT2D eigenvalue weighted by molar-refractivity contribution is -0.141. The summed E-state index contributed by atoms with van der Waals surface area (Å²) < 4.78 is 19.9. The van der Waals surface area contributed by atoms with E-state index in [1.54, 1.807) is 0 Å². The highest BCUT2D eigenvalue weighted by atomic mass is 16.5. The second-order valence-electron chi connectivity index (χ2n) is 3.12. The molecule has 0 aromatic carbocycles. The third-order valence-electron chi connectivity index (χ3n) is 1.80. The van der Waals surface area contributed by atoms with Crippen molar-refractivity contribution in [2.45, 2.75) is 12.8 Å². The van der Waals surface area contributed by atoms with Crippen LogP contribution in [0, 0.1) is 0 Å². The lowest BCUT2D eigenvalue weighted by atomic mass is 10.5. The van der Waals surface area contributed by atoms with Gasteiger partial charge in [0, 0.05) is 6.42 Å². The Bertz CT molecular complexity index is 194. The third kappa shape index (κ3) is 13.0. The van der Waals surface area contributed by atoms with Crippen LogP contribution in [-0.4, -0.2) is 59.0 Å². The van der Waals surface area contributed by atoms with Crippen molar-refractivity contribution in [3.05, 3.63) is 0 Å². The molecule has 17 heavy (non-hydrogen) atoms. The van der Waals surface area contributed by atoms with E-state index in [0.29, 0.717) is 46.1 Å². The first-order valence-electron chi connectivity index (χ1n) is 5.55. The number of ether oxygens (including phenoxy) is 4. The molecule has 0 saturated carbocycles. The average Bonchev–Trinajstić information content (AvgIpc) is 2.35. The van der Waals surface area contributed by atoms with E-state index in [9.17, 15) is 9.59 Å². The van der Waals surface area contributed by atoms with Crippen LogP contribution in [0.3, 0.4) is 0 Å². The van der Waals surface area contributed by atoms with E-state index < -0.39 is 0 Å². The van der Waals surface area contributed by atoms with Crippen LogP contribution in [0.5, 0.6) is 0 Å². The van der Waals surface area contributed by atoms with Crippen molar-refractivity contribution >= 4 is 12.3 Å². The summed E-state index contributed by atoms with van der Waals surface area (Å²) in [4.78, 5) is 20.6. The summed E-state index contributed by atoms with van der Waals surface area (Å²) in [6, 6.07) is 0. The fraction of sp³-hybridized carbons (Fsp3) is 0.818. The monoisotopic (exact) mass is 248 g/mol. The molecule has 0 radical (unpaired) electrons. The smallest absolute Gasteiger partial charge is 0.307 e. The summed E-state index contributed by atoms with van der Waals surface area (Å²) in [6.07, 6.45) is 1.48. The van der Waals surface area contributed by atoms with Crippen LogP contribution in [0.4, 0.5) is 0 Å². The molecule has 0 atom stereocenters. The third-order valence-corrected chi connectivity index (χ3v) is 1.80. The molecular formula is C11H20O6. The van der Waals surface area contributed by atoms with Crippen LogP contribution < -0.4 is 0 Å². The van der Waals surface area contributed by atoms with Crippen LogP contribution in [0.2, 0.25) is 0 Å². The second kappa shape index (κ2) is 13.1. The predicted molar refractivity (Wildman–Crippen MR) is 59.8 cm³/mol. The molecule has 0 aliphatic carbocycles. The zero-order chi connectivity index (χ0) is 12.8. The molecule has 0 saturated heterocycles. The highest BCUT2D eigenvalue weighted by molar-refractivity contribution is 5.69. The van der Waals surface area contributed by atoms with Crippen molar-refractivity contribution in [1.29, 1.82) is 0 Å². The first-order valence-corrected chi connectivity index (χ1v) is 5.55. The SMILES string of the molecule is COC(=O)CCOCCOCCOCCC=O. The Morgan fingerprint density at radius 3 is 2.00 bits per heavy atom. The maximum absolute atomic E-state index is 10.7. The number of aldehydes is 1. The van der Waals surface area contributed by atoms with Crippen molar-refractivity contribution in [2.75, 3.05) is 46.8 Å². The normalized spacial score (nSPS) is 10.2. The molecule has 0 aliphatic rings. The van der Waals surface area contributed by atoms with Crippen molar-refractivity contribution in [3.63, 3.8) is 0 Å². The molecule has 0 rings (SSSR count). The second-order valence-corrected chi connectivity index (χ2v) is 3.12. The van der Waals surface area contributed by atoms with Gasteiger partial charge in [0.05, 0.1) is 53.2 Å². The van der Waals surface area contributed by atoms with Gasteiger partial charge in [-0.25, -0.2) is 0 Å². The fourth-order valence-corrected chi connectivity index (χ4v) is 0.931. The van der Waals surface area contributed by atoms with Crippen LogP contribution >= 0.6 is 0 Å². The van der Waals surface area contributed by atoms with E-state index in [1.807, 2.05) is 0 Å². The summed E-state index contributed by atoms with van der Waals surface area (Å²) in [5.74, 6) is -0.283. The molecule has 6 nitrogen and oxygen atoms in total. The van der Waals surface area contributed by atoms with Crippen LogP contribution in [-0.2, 0) is 28.5 Å². The van der Waals surface area contributed by atoms with E-state index in [4.69, 9.17) is 14.2 Å². The van der Waals surface area contributed by atoms with Crippen molar-refractivity contribution in [2.24, 2.45) is 0 Å². The molecule has 0 amide bonds. The van der Waals surface area contributed by atoms with Gasteiger partial charge in [0.1, 0.15) is 6.29 Å². The predicted octanol–water partition coefficient (Wildman–Crippen LogP) is 0.188. The van der Waals surface area contributed by atoms with Gasteiger partial charge in [0.2, 0.25) is 0 Å². The molecule has 0 bridgehead atoms. The van der Waals surface area contributed by atoms with E-state index >= 15 is 0 Å². The zero-order valence-corrected chi connectivity index (χ0v) is 10.2. The van der Waals surface area contributed by atoms with Gasteiger partial charge in [0.15, 0.2) is 0 Å². The quantitative estimate of drug-likeness (QED) is 0.279. The lowest BCUT2D eigenvalue weighted by Gasteiger charge is -2.05. The highest BCUT2D eigenvalue weighted by Gasteiger charge is 1.98. The maximum Gasteiger partial charge on any atom is 0.307 e. The number of rotatable bonds is 12. The van der Waals surface area contributed by atoms with Gasteiger partial charge in [-0.2, -0.15) is 0 Å². The molecular weight excluding hydrogens is 228 g/mol. The molecule has 100 valence electrons. The van der Waals surface area contributed by atoms with Crippen LogP contribution in [0.1, 0.15) is 12.8 Å². The zero-order valence-electron chi connectivity index (χ0n) is 10.2. The molecule has 0 unspecified atom stereocenters. The molecule has 6 heteroatoms. The summed E-state index contributed by atoms with van der Waals surface area (Å²) in [6.45, 7) is 2.60. The molecule has 0 aromatic heterocycles. The van der Waals surface area contributed by atoms with E-state index in [1.165, 1.54) is 7.11 Å². The topological polar surface area (TPSA) is 71.1 Å².